The molecule has 0 aromatic heterocycles. The molecule has 0 spiro atoms. The fourth-order valence-electron chi connectivity index (χ4n) is 1.87. The van der Waals surface area contributed by atoms with Gasteiger partial charge in [-0.1, -0.05) is 6.07 Å². The van der Waals surface area contributed by atoms with Crippen molar-refractivity contribution in [2.45, 2.75) is 32.4 Å². The fraction of sp³-hybridized carbons (Fsp3) is 0.500. The quantitative estimate of drug-likeness (QED) is 0.736. The van der Waals surface area contributed by atoms with Crippen LogP contribution < -0.4 is 20.3 Å². The van der Waals surface area contributed by atoms with Gasteiger partial charge in [0, 0.05) is 6.54 Å². The Balaban J connectivity index is 1.95. The van der Waals surface area contributed by atoms with Crippen molar-refractivity contribution in [3.63, 3.8) is 0 Å². The molecule has 1 aliphatic rings. The van der Waals surface area contributed by atoms with Crippen LogP contribution >= 0.6 is 0 Å². The summed E-state index contributed by atoms with van der Waals surface area (Å²) in [6.07, 6.45) is -0.538. The number of hydrogen-bond acceptors (Lipinski definition) is 6. The maximum atomic E-state index is 11.6. The van der Waals surface area contributed by atoms with E-state index in [2.05, 4.69) is 10.8 Å². The summed E-state index contributed by atoms with van der Waals surface area (Å²) in [5, 5.41) is 11.9. The Morgan fingerprint density at radius 1 is 1.38 bits per heavy atom. The van der Waals surface area contributed by atoms with Crippen LogP contribution in [-0.2, 0) is 4.74 Å². The highest BCUT2D eigenvalue weighted by Crippen LogP contribution is 2.34. The maximum Gasteiger partial charge on any atom is 0.407 e. The van der Waals surface area contributed by atoms with Gasteiger partial charge < -0.3 is 24.7 Å². The summed E-state index contributed by atoms with van der Waals surface area (Å²) in [4.78, 5) is 11.6. The van der Waals surface area contributed by atoms with Crippen LogP contribution in [0.15, 0.2) is 18.2 Å². The van der Waals surface area contributed by atoms with Crippen molar-refractivity contribution < 1.29 is 24.2 Å². The van der Waals surface area contributed by atoms with Crippen molar-refractivity contribution in [2.75, 3.05) is 13.3 Å². The molecule has 1 unspecified atom stereocenters. The molecule has 7 heteroatoms. The van der Waals surface area contributed by atoms with Crippen LogP contribution in [0.5, 0.6) is 11.5 Å². The lowest BCUT2D eigenvalue weighted by atomic mass is 10.1. The average molecular weight is 296 g/mol. The molecule has 1 atom stereocenters. The molecule has 1 heterocycles. The highest BCUT2D eigenvalue weighted by atomic mass is 16.7. The van der Waals surface area contributed by atoms with E-state index in [1.54, 1.807) is 39.0 Å². The summed E-state index contributed by atoms with van der Waals surface area (Å²) in [5.41, 5.74) is 2.36. The maximum absolute atomic E-state index is 11.6. The molecule has 0 fully saturated rings. The van der Waals surface area contributed by atoms with Gasteiger partial charge >= 0.3 is 6.09 Å². The van der Waals surface area contributed by atoms with Crippen LogP contribution in [0, 0.1) is 0 Å². The lowest BCUT2D eigenvalue weighted by molar-refractivity contribution is 0.0502. The zero-order valence-electron chi connectivity index (χ0n) is 12.3. The van der Waals surface area contributed by atoms with Gasteiger partial charge in [-0.15, -0.1) is 0 Å². The third kappa shape index (κ3) is 4.24. The number of amides is 1. The Kier molecular flexibility index (Phi) is 4.54. The standard InChI is InChI=1S/C14H20N2O5/c1-14(2,3)21-13(17)15-7-10(16-18)9-4-5-11-12(6-9)20-8-19-11/h4-6,10,16,18H,7-8H2,1-3H3,(H,15,17). The summed E-state index contributed by atoms with van der Waals surface area (Å²) >= 11 is 0. The summed E-state index contributed by atoms with van der Waals surface area (Å²) in [5.74, 6) is 1.28. The van der Waals surface area contributed by atoms with Crippen molar-refractivity contribution in [1.82, 2.24) is 10.8 Å². The monoisotopic (exact) mass is 296 g/mol. The van der Waals surface area contributed by atoms with Crippen molar-refractivity contribution in [2.24, 2.45) is 0 Å². The normalized spacial score (nSPS) is 14.7. The molecule has 116 valence electrons. The van der Waals surface area contributed by atoms with Crippen LogP contribution in [0.4, 0.5) is 4.79 Å². The third-order valence-corrected chi connectivity index (χ3v) is 2.80. The minimum atomic E-state index is -0.565. The Morgan fingerprint density at radius 2 is 2.10 bits per heavy atom. The van der Waals surface area contributed by atoms with E-state index in [1.165, 1.54) is 0 Å². The van der Waals surface area contributed by atoms with Gasteiger partial charge in [-0.25, -0.2) is 4.79 Å². The first-order valence-corrected chi connectivity index (χ1v) is 6.65. The van der Waals surface area contributed by atoms with E-state index in [4.69, 9.17) is 14.2 Å². The lowest BCUT2D eigenvalue weighted by Crippen LogP contribution is -2.37. The molecule has 3 N–H and O–H groups in total. The molecule has 1 aromatic rings. The highest BCUT2D eigenvalue weighted by Gasteiger charge is 2.20. The molecular weight excluding hydrogens is 276 g/mol. The molecule has 21 heavy (non-hydrogen) atoms. The van der Waals surface area contributed by atoms with Gasteiger partial charge in [0.1, 0.15) is 5.60 Å². The van der Waals surface area contributed by atoms with Crippen LogP contribution in [0.25, 0.3) is 0 Å². The molecular formula is C14H20N2O5. The smallest absolute Gasteiger partial charge is 0.407 e. The first kappa shape index (κ1) is 15.4. The second kappa shape index (κ2) is 6.19. The minimum absolute atomic E-state index is 0.172. The first-order chi connectivity index (χ1) is 9.89. The van der Waals surface area contributed by atoms with Gasteiger partial charge in [0.15, 0.2) is 11.5 Å². The van der Waals surface area contributed by atoms with E-state index in [9.17, 15) is 10.0 Å². The number of alkyl carbamates (subject to hydrolysis) is 1. The summed E-state index contributed by atoms with van der Waals surface area (Å²) in [6, 6.07) is 4.83. The van der Waals surface area contributed by atoms with E-state index >= 15 is 0 Å². The molecule has 0 radical (unpaired) electrons. The van der Waals surface area contributed by atoms with E-state index in [1.807, 2.05) is 0 Å². The topological polar surface area (TPSA) is 89.1 Å². The first-order valence-electron chi connectivity index (χ1n) is 6.65. The van der Waals surface area contributed by atoms with Gasteiger partial charge in [-0.3, -0.25) is 0 Å². The minimum Gasteiger partial charge on any atom is -0.454 e. The van der Waals surface area contributed by atoms with Crippen molar-refractivity contribution in [3.8, 4) is 11.5 Å². The predicted molar refractivity (Wildman–Crippen MR) is 74.5 cm³/mol. The molecule has 0 saturated carbocycles. The number of carbonyl (C=O) groups excluding carboxylic acids is 1. The number of carbonyl (C=O) groups is 1. The molecule has 1 aromatic carbocycles. The summed E-state index contributed by atoms with van der Waals surface area (Å²) in [6.45, 7) is 5.71. The summed E-state index contributed by atoms with van der Waals surface area (Å²) in [7, 11) is 0. The van der Waals surface area contributed by atoms with E-state index in [-0.39, 0.29) is 13.3 Å². The van der Waals surface area contributed by atoms with Crippen molar-refractivity contribution >= 4 is 6.09 Å². The number of ether oxygens (including phenoxy) is 3. The molecule has 0 bridgehead atoms. The van der Waals surface area contributed by atoms with E-state index < -0.39 is 17.7 Å². The Bertz CT molecular complexity index is 513. The Hall–Kier alpha value is -1.99. The zero-order chi connectivity index (χ0) is 15.5. The number of fused-ring (bicyclic) bond motifs is 1. The third-order valence-electron chi connectivity index (χ3n) is 2.80. The van der Waals surface area contributed by atoms with Gasteiger partial charge in [-0.2, -0.15) is 5.48 Å². The Morgan fingerprint density at radius 3 is 2.76 bits per heavy atom. The second-order valence-corrected chi connectivity index (χ2v) is 5.68. The van der Waals surface area contributed by atoms with Crippen LogP contribution in [-0.4, -0.2) is 30.2 Å². The predicted octanol–water partition coefficient (Wildman–Crippen LogP) is 1.96. The second-order valence-electron chi connectivity index (χ2n) is 5.68. The van der Waals surface area contributed by atoms with Gasteiger partial charge in [0.25, 0.3) is 0 Å². The lowest BCUT2D eigenvalue weighted by Gasteiger charge is -2.21. The average Bonchev–Trinajstić information content (AvgIpc) is 2.84. The molecule has 1 amide bonds. The van der Waals surface area contributed by atoms with E-state index in [0.29, 0.717) is 11.5 Å². The highest BCUT2D eigenvalue weighted by molar-refractivity contribution is 5.67. The largest absolute Gasteiger partial charge is 0.454 e. The van der Waals surface area contributed by atoms with Gasteiger partial charge in [0.05, 0.1) is 6.04 Å². The molecule has 1 aliphatic heterocycles. The number of nitrogens with one attached hydrogen (secondary N) is 2. The fourth-order valence-corrected chi connectivity index (χ4v) is 1.87. The SMILES string of the molecule is CC(C)(C)OC(=O)NCC(NO)c1ccc2c(c1)OCO2. The van der Waals surface area contributed by atoms with Gasteiger partial charge in [-0.05, 0) is 38.5 Å². The summed E-state index contributed by atoms with van der Waals surface area (Å²) < 4.78 is 15.6. The number of hydroxylamine groups is 1. The van der Waals surface area contributed by atoms with Crippen LogP contribution in [0.3, 0.4) is 0 Å². The Labute approximate surface area is 123 Å². The molecule has 7 nitrogen and oxygen atoms in total. The number of hydrogen-bond donors (Lipinski definition) is 3. The van der Waals surface area contributed by atoms with Crippen LogP contribution in [0.2, 0.25) is 0 Å². The van der Waals surface area contributed by atoms with Gasteiger partial charge in [0.2, 0.25) is 6.79 Å². The zero-order valence-corrected chi connectivity index (χ0v) is 12.3. The van der Waals surface area contributed by atoms with Crippen molar-refractivity contribution in [1.29, 1.82) is 0 Å². The molecule has 0 aliphatic carbocycles. The molecule has 0 saturated heterocycles. The van der Waals surface area contributed by atoms with E-state index in [0.717, 1.165) is 5.56 Å². The molecule has 2 rings (SSSR count). The number of rotatable bonds is 4. The van der Waals surface area contributed by atoms with Crippen LogP contribution in [0.1, 0.15) is 32.4 Å². The van der Waals surface area contributed by atoms with Crippen molar-refractivity contribution in [3.05, 3.63) is 23.8 Å². The number of benzene rings is 1.